The van der Waals surface area contributed by atoms with Crippen molar-refractivity contribution in [2.45, 2.75) is 38.3 Å². The molecular formula is C15H23NO5. The highest BCUT2D eigenvalue weighted by atomic mass is 16.5. The number of aliphatic carboxylic acids is 1. The first-order valence-corrected chi connectivity index (χ1v) is 6.89. The Bertz CT molecular complexity index is 477. The van der Waals surface area contributed by atoms with E-state index in [9.17, 15) is 4.79 Å². The maximum absolute atomic E-state index is 11.1. The van der Waals surface area contributed by atoms with Crippen molar-refractivity contribution in [2.75, 3.05) is 13.7 Å². The van der Waals surface area contributed by atoms with Crippen LogP contribution in [0.25, 0.3) is 0 Å². The van der Waals surface area contributed by atoms with Gasteiger partial charge in [0.05, 0.1) is 20.3 Å². The molecule has 1 aromatic rings. The first kappa shape index (κ1) is 17.3. The van der Waals surface area contributed by atoms with Gasteiger partial charge >= 0.3 is 5.97 Å². The number of carboxylic acids is 1. The molecule has 0 aliphatic heterocycles. The molecule has 6 heteroatoms. The fraction of sp³-hybridized carbons (Fsp3) is 0.533. The van der Waals surface area contributed by atoms with Crippen molar-refractivity contribution < 1.29 is 24.5 Å². The van der Waals surface area contributed by atoms with E-state index >= 15 is 0 Å². The van der Waals surface area contributed by atoms with E-state index in [2.05, 4.69) is 0 Å². The van der Waals surface area contributed by atoms with Crippen LogP contribution in [0.3, 0.4) is 0 Å². The number of nitrogens with two attached hydrogens (primary N) is 1. The summed E-state index contributed by atoms with van der Waals surface area (Å²) in [4.78, 5) is 11.1. The topological polar surface area (TPSA) is 102 Å². The van der Waals surface area contributed by atoms with Crippen LogP contribution >= 0.6 is 0 Å². The van der Waals surface area contributed by atoms with Crippen molar-refractivity contribution in [3.63, 3.8) is 0 Å². The third-order valence-electron chi connectivity index (χ3n) is 3.49. The van der Waals surface area contributed by atoms with Crippen molar-refractivity contribution in [3.05, 3.63) is 23.8 Å². The smallest absolute Gasteiger partial charge is 0.323 e. The first-order valence-electron chi connectivity index (χ1n) is 6.89. The van der Waals surface area contributed by atoms with E-state index in [1.807, 2.05) is 0 Å². The van der Waals surface area contributed by atoms with Gasteiger partial charge in [0, 0.05) is 0 Å². The molecule has 0 bridgehead atoms. The Morgan fingerprint density at radius 2 is 2.10 bits per heavy atom. The molecule has 1 atom stereocenters. The molecule has 6 nitrogen and oxygen atoms in total. The first-order chi connectivity index (χ1) is 9.96. The van der Waals surface area contributed by atoms with E-state index in [1.54, 1.807) is 25.1 Å². The van der Waals surface area contributed by atoms with Crippen LogP contribution in [0.5, 0.6) is 11.5 Å². The predicted octanol–water partition coefficient (Wildman–Crippen LogP) is 1.54. The van der Waals surface area contributed by atoms with Crippen LogP contribution in [0.4, 0.5) is 0 Å². The molecule has 0 fully saturated rings. The molecular weight excluding hydrogens is 274 g/mol. The minimum Gasteiger partial charge on any atom is -0.493 e. The van der Waals surface area contributed by atoms with E-state index in [0.717, 1.165) is 5.56 Å². The molecule has 4 N–H and O–H groups in total. The van der Waals surface area contributed by atoms with Gasteiger partial charge in [-0.15, -0.1) is 0 Å². The Balaban J connectivity index is 2.55. The highest BCUT2D eigenvalue weighted by Gasteiger charge is 2.31. The van der Waals surface area contributed by atoms with E-state index in [0.29, 0.717) is 37.4 Å². The lowest BCUT2D eigenvalue weighted by Crippen LogP contribution is -2.47. The summed E-state index contributed by atoms with van der Waals surface area (Å²) < 4.78 is 10.8. The normalized spacial score (nSPS) is 13.5. The Morgan fingerprint density at radius 1 is 1.38 bits per heavy atom. The quantitative estimate of drug-likeness (QED) is 0.598. The lowest BCUT2D eigenvalue weighted by molar-refractivity contribution is -0.143. The van der Waals surface area contributed by atoms with Crippen molar-refractivity contribution >= 4 is 5.97 Å². The van der Waals surface area contributed by atoms with Crippen molar-refractivity contribution in [1.82, 2.24) is 0 Å². The molecule has 0 saturated heterocycles. The van der Waals surface area contributed by atoms with E-state index in [1.165, 1.54) is 7.11 Å². The summed E-state index contributed by atoms with van der Waals surface area (Å²) in [5.74, 6) is 0.105. The summed E-state index contributed by atoms with van der Waals surface area (Å²) in [7, 11) is 1.52. The number of hydrogen-bond acceptors (Lipinski definition) is 5. The zero-order valence-electron chi connectivity index (χ0n) is 12.5. The third-order valence-corrected chi connectivity index (χ3v) is 3.49. The van der Waals surface area contributed by atoms with Gasteiger partial charge in [-0.25, -0.2) is 0 Å². The second-order valence-corrected chi connectivity index (χ2v) is 4.91. The van der Waals surface area contributed by atoms with Gasteiger partial charge in [0.15, 0.2) is 11.5 Å². The Kier molecular flexibility index (Phi) is 6.45. The van der Waals surface area contributed by atoms with Crippen molar-refractivity contribution in [2.24, 2.45) is 5.73 Å². The number of methoxy groups -OCH3 is 1. The summed E-state index contributed by atoms with van der Waals surface area (Å²) in [6.45, 7) is 2.04. The molecule has 1 aromatic carbocycles. The second-order valence-electron chi connectivity index (χ2n) is 4.91. The lowest BCUT2D eigenvalue weighted by atomic mass is 9.92. The lowest BCUT2D eigenvalue weighted by Gasteiger charge is -2.22. The molecule has 0 spiro atoms. The summed E-state index contributed by atoms with van der Waals surface area (Å²) in [5.41, 5.74) is 5.34. The van der Waals surface area contributed by atoms with Gasteiger partial charge in [-0.2, -0.15) is 0 Å². The highest BCUT2D eigenvalue weighted by molar-refractivity contribution is 5.78. The van der Waals surface area contributed by atoms with Crippen molar-refractivity contribution in [3.8, 4) is 11.5 Å². The zero-order valence-corrected chi connectivity index (χ0v) is 12.5. The van der Waals surface area contributed by atoms with Gasteiger partial charge in [-0.1, -0.05) is 13.0 Å². The maximum Gasteiger partial charge on any atom is 0.323 e. The van der Waals surface area contributed by atoms with Crippen LogP contribution < -0.4 is 15.2 Å². The largest absolute Gasteiger partial charge is 0.493 e. The van der Waals surface area contributed by atoms with Crippen LogP contribution in [-0.2, 0) is 11.4 Å². The molecule has 0 radical (unpaired) electrons. The van der Waals surface area contributed by atoms with Gasteiger partial charge in [0.1, 0.15) is 5.54 Å². The van der Waals surface area contributed by atoms with E-state index in [4.69, 9.17) is 25.4 Å². The van der Waals surface area contributed by atoms with Gasteiger partial charge < -0.3 is 25.4 Å². The molecule has 0 aliphatic rings. The van der Waals surface area contributed by atoms with Gasteiger partial charge in [0.2, 0.25) is 0 Å². The molecule has 0 aromatic heterocycles. The number of rotatable bonds is 9. The minimum absolute atomic E-state index is 0.0680. The molecule has 0 saturated carbocycles. The Morgan fingerprint density at radius 3 is 2.62 bits per heavy atom. The maximum atomic E-state index is 11.1. The van der Waals surface area contributed by atoms with Crippen LogP contribution in [0.1, 0.15) is 31.7 Å². The predicted molar refractivity (Wildman–Crippen MR) is 78.5 cm³/mol. The fourth-order valence-electron chi connectivity index (χ4n) is 1.93. The van der Waals surface area contributed by atoms with Gasteiger partial charge in [-0.3, -0.25) is 4.79 Å². The number of hydrogen-bond donors (Lipinski definition) is 3. The SMILES string of the molecule is CCC(N)(CCCOc1ccc(CO)cc1OC)C(=O)O. The van der Waals surface area contributed by atoms with E-state index in [-0.39, 0.29) is 6.61 Å². The number of benzene rings is 1. The second kappa shape index (κ2) is 7.85. The van der Waals surface area contributed by atoms with Gasteiger partial charge in [0.25, 0.3) is 0 Å². The number of carbonyl (C=O) groups is 1. The molecule has 0 heterocycles. The zero-order chi connectivity index (χ0) is 15.9. The summed E-state index contributed by atoms with van der Waals surface area (Å²) >= 11 is 0. The van der Waals surface area contributed by atoms with Crippen LogP contribution in [-0.4, -0.2) is 35.4 Å². The molecule has 1 rings (SSSR count). The Labute approximate surface area is 124 Å². The average Bonchev–Trinajstić information content (AvgIpc) is 2.50. The van der Waals surface area contributed by atoms with E-state index < -0.39 is 11.5 Å². The fourth-order valence-corrected chi connectivity index (χ4v) is 1.93. The molecule has 0 amide bonds. The van der Waals surface area contributed by atoms with Gasteiger partial charge in [-0.05, 0) is 37.0 Å². The van der Waals surface area contributed by atoms with Crippen molar-refractivity contribution in [1.29, 1.82) is 0 Å². The van der Waals surface area contributed by atoms with Crippen LogP contribution in [0, 0.1) is 0 Å². The molecule has 21 heavy (non-hydrogen) atoms. The molecule has 118 valence electrons. The summed E-state index contributed by atoms with van der Waals surface area (Å²) in [6.07, 6.45) is 1.24. The number of carboxylic acid groups (broad SMARTS) is 1. The Hall–Kier alpha value is -1.79. The standard InChI is InChI=1S/C15H23NO5/c1-3-15(16,14(18)19)7-4-8-21-12-6-5-11(10-17)9-13(12)20-2/h5-6,9,17H,3-4,7-8,10,16H2,1-2H3,(H,18,19). The third kappa shape index (κ3) is 4.61. The minimum atomic E-state index is -1.20. The average molecular weight is 297 g/mol. The van der Waals surface area contributed by atoms with Crippen LogP contribution in [0.2, 0.25) is 0 Å². The molecule has 1 unspecified atom stereocenters. The highest BCUT2D eigenvalue weighted by Crippen LogP contribution is 2.28. The number of aliphatic hydroxyl groups is 1. The van der Waals surface area contributed by atoms with Crippen LogP contribution in [0.15, 0.2) is 18.2 Å². The monoisotopic (exact) mass is 297 g/mol. The number of ether oxygens (including phenoxy) is 2. The summed E-state index contributed by atoms with van der Waals surface area (Å²) in [6, 6.07) is 5.16. The number of aliphatic hydroxyl groups excluding tert-OH is 1. The summed E-state index contributed by atoms with van der Waals surface area (Å²) in [5, 5.41) is 18.1. The molecule has 0 aliphatic carbocycles.